The van der Waals surface area contributed by atoms with Crippen molar-refractivity contribution < 1.29 is 32.2 Å². The maximum Gasteiger partial charge on any atom is 0.243 e. The van der Waals surface area contributed by atoms with Crippen LogP contribution in [0.1, 0.15) is 48.3 Å². The number of aromatic nitrogens is 6. The molecular weight excluding hydrogens is 1030 g/mol. The van der Waals surface area contributed by atoms with E-state index in [9.17, 15) is 32.2 Å². The summed E-state index contributed by atoms with van der Waals surface area (Å²) in [4.78, 5) is 0.592. The van der Waals surface area contributed by atoms with Crippen LogP contribution in [0.2, 0.25) is 0 Å². The molecule has 0 atom stereocenters. The summed E-state index contributed by atoms with van der Waals surface area (Å²) < 4.78 is 54.2. The average molecular weight is 1090 g/mol. The van der Waals surface area contributed by atoms with Crippen molar-refractivity contribution >= 4 is 48.6 Å². The Kier molecular flexibility index (Phi) is 16.8. The first-order valence-electron chi connectivity index (χ1n) is 25.1. The lowest BCUT2D eigenvalue weighted by atomic mass is 9.90. The predicted molar refractivity (Wildman–Crippen MR) is 301 cm³/mol. The number of anilines is 3. The summed E-state index contributed by atoms with van der Waals surface area (Å²) in [7, 11) is -7.03. The number of nitrogens with zero attached hydrogens (tertiary/aromatic N) is 8. The predicted octanol–water partition coefficient (Wildman–Crippen LogP) is 7.72. The number of phenols is 3. The monoisotopic (exact) mass is 1090 g/mol. The molecule has 3 aliphatic heterocycles. The van der Waals surface area contributed by atoms with Crippen LogP contribution in [0.25, 0.3) is 44.9 Å². The molecule has 21 heteroatoms. The van der Waals surface area contributed by atoms with Gasteiger partial charge in [0.1, 0.15) is 23.1 Å². The molecule has 5 aromatic carbocycles. The Morgan fingerprint density at radius 2 is 0.885 bits per heavy atom. The highest BCUT2D eigenvalue weighted by molar-refractivity contribution is 7.89. The number of benzene rings is 5. The van der Waals surface area contributed by atoms with Gasteiger partial charge in [-0.15, -0.1) is 30.6 Å². The van der Waals surface area contributed by atoms with E-state index in [1.807, 2.05) is 36.4 Å². The van der Waals surface area contributed by atoms with E-state index in [0.29, 0.717) is 94.8 Å². The van der Waals surface area contributed by atoms with Crippen molar-refractivity contribution in [1.29, 1.82) is 0 Å². The van der Waals surface area contributed by atoms with Crippen molar-refractivity contribution in [3.63, 3.8) is 0 Å². The first-order chi connectivity index (χ1) is 37.7. The van der Waals surface area contributed by atoms with Gasteiger partial charge in [-0.25, -0.2) is 16.8 Å². The summed E-state index contributed by atoms with van der Waals surface area (Å²) in [5.74, 6) is 1.55. The van der Waals surface area contributed by atoms with Gasteiger partial charge in [0.05, 0.1) is 26.9 Å². The Hall–Kier alpha value is -8.60. The van der Waals surface area contributed by atoms with Gasteiger partial charge >= 0.3 is 0 Å². The lowest BCUT2D eigenvalue weighted by Gasteiger charge is -2.31. The smallest absolute Gasteiger partial charge is 0.243 e. The SMILES string of the molecule is Nc1nnc(-c2ccccc2O)cc1C1=CCN(S(=O)(=O)c2ccccc2)CC1.Nc1nnc(-c2ccccc2O)cc1C1=CCNCC1.Nc1nnc(-c2ccccc2O)cc1C1CCN(S(=O)(=O)c2ccccc2)CC1. The van der Waals surface area contributed by atoms with Gasteiger partial charge in [-0.1, -0.05) is 84.9 Å². The minimum atomic E-state index is -3.54. The van der Waals surface area contributed by atoms with Gasteiger partial charge < -0.3 is 37.8 Å². The molecular formula is C57H58N12O7S2. The summed E-state index contributed by atoms with van der Waals surface area (Å²) in [6.45, 7) is 3.19. The standard InChI is InChI=1S/C21H22N4O3S.C21H20N4O3S.C15H16N4O/c2*22-21-18(14-19(23-24-21)17-8-4-5-9-20(17)26)15-10-12-25(13-11-15)29(27,28)16-6-2-1-3-7-16;16-15-12(10-5-7-17-8-6-10)9-13(18-19-15)11-3-1-2-4-14(11)20/h1-9,14-15,26H,10-13H2,(H2,22,24);1-10,14,26H,11-13H2,(H2,22,24);1-5,9,17,20H,6-8H2,(H2,16,19). The van der Waals surface area contributed by atoms with Gasteiger partial charge in [-0.2, -0.15) is 8.61 Å². The van der Waals surface area contributed by atoms with E-state index in [1.54, 1.807) is 121 Å². The minimum absolute atomic E-state index is 0.0809. The first kappa shape index (κ1) is 54.2. The van der Waals surface area contributed by atoms with E-state index in [1.165, 1.54) is 14.2 Å². The largest absolute Gasteiger partial charge is 0.507 e. The number of hydrogen-bond acceptors (Lipinski definition) is 17. The highest BCUT2D eigenvalue weighted by Crippen LogP contribution is 2.37. The summed E-state index contributed by atoms with van der Waals surface area (Å²) in [6, 6.07) is 43.3. The molecule has 11 rings (SSSR count). The molecule has 6 heterocycles. The summed E-state index contributed by atoms with van der Waals surface area (Å²) in [6.07, 6.45) is 6.67. The molecule has 0 unspecified atom stereocenters. The highest BCUT2D eigenvalue weighted by atomic mass is 32.2. The molecule has 0 saturated carbocycles. The third-order valence-electron chi connectivity index (χ3n) is 13.6. The molecule has 78 heavy (non-hydrogen) atoms. The van der Waals surface area contributed by atoms with Crippen LogP contribution in [-0.2, 0) is 20.0 Å². The zero-order valence-electron chi connectivity index (χ0n) is 42.3. The number of rotatable bonds is 10. The van der Waals surface area contributed by atoms with Crippen molar-refractivity contribution in [2.75, 3.05) is 56.5 Å². The third-order valence-corrected chi connectivity index (χ3v) is 17.4. The van der Waals surface area contributed by atoms with Crippen LogP contribution in [-0.4, -0.2) is 111 Å². The molecule has 0 spiro atoms. The van der Waals surface area contributed by atoms with Crippen molar-refractivity contribution in [3.8, 4) is 51.0 Å². The van der Waals surface area contributed by atoms with Gasteiger partial charge in [0.15, 0.2) is 11.6 Å². The number of nitrogen functional groups attached to an aromatic ring is 3. The first-order valence-corrected chi connectivity index (χ1v) is 28.0. The molecule has 8 aromatic rings. The second kappa shape index (κ2) is 24.2. The number of nitrogens with two attached hydrogens (primary N) is 3. The molecule has 400 valence electrons. The molecule has 3 aromatic heterocycles. The lowest BCUT2D eigenvalue weighted by molar-refractivity contribution is 0.319. The van der Waals surface area contributed by atoms with Gasteiger partial charge in [0, 0.05) is 66.1 Å². The zero-order chi connectivity index (χ0) is 54.8. The van der Waals surface area contributed by atoms with E-state index in [4.69, 9.17) is 17.2 Å². The Balaban J connectivity index is 0.000000145. The molecule has 0 amide bonds. The average Bonchev–Trinajstić information content (AvgIpc) is 3.51. The maximum absolute atomic E-state index is 12.8. The van der Waals surface area contributed by atoms with Crippen molar-refractivity contribution in [2.45, 2.75) is 41.4 Å². The van der Waals surface area contributed by atoms with E-state index < -0.39 is 20.0 Å². The summed E-state index contributed by atoms with van der Waals surface area (Å²) >= 11 is 0. The van der Waals surface area contributed by atoms with Crippen LogP contribution in [0.4, 0.5) is 17.5 Å². The Morgan fingerprint density at radius 3 is 1.32 bits per heavy atom. The van der Waals surface area contributed by atoms with Gasteiger partial charge in [0.2, 0.25) is 20.0 Å². The van der Waals surface area contributed by atoms with Gasteiger partial charge in [-0.3, -0.25) is 0 Å². The van der Waals surface area contributed by atoms with Crippen molar-refractivity contribution in [1.82, 2.24) is 44.5 Å². The minimum Gasteiger partial charge on any atom is -0.507 e. The Bertz CT molecular complexity index is 3710. The topological polar surface area (TPSA) is 303 Å². The molecule has 1 fully saturated rings. The van der Waals surface area contributed by atoms with E-state index in [-0.39, 0.29) is 40.4 Å². The molecule has 0 radical (unpaired) electrons. The van der Waals surface area contributed by atoms with E-state index >= 15 is 0 Å². The van der Waals surface area contributed by atoms with Gasteiger partial charge in [0.25, 0.3) is 0 Å². The van der Waals surface area contributed by atoms with E-state index in [0.717, 1.165) is 36.2 Å². The van der Waals surface area contributed by atoms with Crippen LogP contribution in [0.15, 0.2) is 174 Å². The number of phenolic OH excluding ortho intramolecular Hbond substituents is 3. The van der Waals surface area contributed by atoms with E-state index in [2.05, 4.69) is 42.0 Å². The van der Waals surface area contributed by atoms with Gasteiger partial charge in [-0.05, 0) is 128 Å². The maximum atomic E-state index is 12.8. The number of sulfonamides is 2. The number of aromatic hydroxyl groups is 3. The van der Waals surface area contributed by atoms with Crippen LogP contribution in [0.5, 0.6) is 17.2 Å². The van der Waals surface area contributed by atoms with Crippen molar-refractivity contribution in [2.24, 2.45) is 0 Å². The fourth-order valence-electron chi connectivity index (χ4n) is 9.40. The summed E-state index contributed by atoms with van der Waals surface area (Å²) in [5.41, 5.74) is 26.1. The van der Waals surface area contributed by atoms with Crippen LogP contribution < -0.4 is 22.5 Å². The Labute approximate surface area is 452 Å². The number of para-hydroxylation sites is 3. The molecule has 10 N–H and O–H groups in total. The molecule has 0 bridgehead atoms. The molecule has 1 saturated heterocycles. The third kappa shape index (κ3) is 12.3. The van der Waals surface area contributed by atoms with Crippen molar-refractivity contribution in [3.05, 3.63) is 181 Å². The summed E-state index contributed by atoms with van der Waals surface area (Å²) in [5, 5.41) is 57.8. The highest BCUT2D eigenvalue weighted by Gasteiger charge is 2.32. The zero-order valence-corrected chi connectivity index (χ0v) is 44.0. The fourth-order valence-corrected chi connectivity index (χ4v) is 12.3. The molecule has 19 nitrogen and oxygen atoms in total. The number of hydrogen-bond donors (Lipinski definition) is 7. The molecule has 0 aliphatic carbocycles. The normalized spacial score (nSPS) is 15.4. The van der Waals surface area contributed by atoms with Crippen LogP contribution in [0.3, 0.4) is 0 Å². The number of piperidine rings is 1. The Morgan fingerprint density at radius 1 is 0.462 bits per heavy atom. The quantitative estimate of drug-likeness (QED) is 0.0689. The lowest BCUT2D eigenvalue weighted by Crippen LogP contribution is -2.38. The van der Waals surface area contributed by atoms with Crippen LogP contribution in [0, 0.1) is 0 Å². The number of nitrogens with one attached hydrogen (secondary N) is 1. The second-order valence-corrected chi connectivity index (χ2v) is 22.4. The fraction of sp³-hybridized carbons (Fsp3) is 0.193. The second-order valence-electron chi connectivity index (χ2n) is 18.5. The van der Waals surface area contributed by atoms with Crippen LogP contribution >= 0.6 is 0 Å². The molecule has 3 aliphatic rings.